The molecule has 3 aromatic heterocycles. The standard InChI is InChI=1S/C23H23ClN6O/c1-15-2-3-16(12-19(15)24)13-21-28-29-22-14-17(5-9-30(21)22)20-4-8-25-23(27-20)26-18-6-10-31-11-7-18/h2-5,8-9,12,14,18H,6-7,10-11,13H2,1H3,(H,25,26,27). The van der Waals surface area contributed by atoms with Crippen molar-refractivity contribution in [1.29, 1.82) is 0 Å². The molecule has 4 heterocycles. The van der Waals surface area contributed by atoms with Gasteiger partial charge in [-0.15, -0.1) is 10.2 Å². The Balaban J connectivity index is 1.38. The first-order valence-electron chi connectivity index (χ1n) is 10.4. The van der Waals surface area contributed by atoms with Crippen LogP contribution in [0.15, 0.2) is 48.8 Å². The van der Waals surface area contributed by atoms with Crippen LogP contribution in [0.2, 0.25) is 5.02 Å². The van der Waals surface area contributed by atoms with Gasteiger partial charge in [0.2, 0.25) is 5.95 Å². The van der Waals surface area contributed by atoms with Gasteiger partial charge in [-0.05, 0) is 55.2 Å². The van der Waals surface area contributed by atoms with Crippen molar-refractivity contribution in [2.24, 2.45) is 0 Å². The van der Waals surface area contributed by atoms with Crippen molar-refractivity contribution in [3.8, 4) is 11.3 Å². The zero-order chi connectivity index (χ0) is 21.2. The number of aromatic nitrogens is 5. The summed E-state index contributed by atoms with van der Waals surface area (Å²) in [4.78, 5) is 9.08. The number of nitrogens with zero attached hydrogens (tertiary/aromatic N) is 5. The Morgan fingerprint density at radius 3 is 2.84 bits per heavy atom. The molecule has 1 fully saturated rings. The van der Waals surface area contributed by atoms with Crippen LogP contribution < -0.4 is 5.32 Å². The lowest BCUT2D eigenvalue weighted by Gasteiger charge is -2.23. The summed E-state index contributed by atoms with van der Waals surface area (Å²) in [5.74, 6) is 1.51. The molecular weight excluding hydrogens is 412 g/mol. The van der Waals surface area contributed by atoms with E-state index in [0.717, 1.165) is 64.9 Å². The predicted octanol–water partition coefficient (Wildman–Crippen LogP) is 4.33. The zero-order valence-corrected chi connectivity index (χ0v) is 18.0. The van der Waals surface area contributed by atoms with E-state index in [0.29, 0.717) is 18.4 Å². The largest absolute Gasteiger partial charge is 0.381 e. The third kappa shape index (κ3) is 4.38. The van der Waals surface area contributed by atoms with Crippen molar-refractivity contribution in [2.45, 2.75) is 32.2 Å². The number of pyridine rings is 1. The topological polar surface area (TPSA) is 77.2 Å². The monoisotopic (exact) mass is 434 g/mol. The van der Waals surface area contributed by atoms with Crippen LogP contribution in [0.5, 0.6) is 0 Å². The van der Waals surface area contributed by atoms with Crippen LogP contribution in [0.4, 0.5) is 5.95 Å². The molecule has 0 saturated carbocycles. The lowest BCUT2D eigenvalue weighted by molar-refractivity contribution is 0.0903. The van der Waals surface area contributed by atoms with Crippen LogP contribution in [0, 0.1) is 6.92 Å². The number of aryl methyl sites for hydroxylation is 1. The van der Waals surface area contributed by atoms with E-state index >= 15 is 0 Å². The number of nitrogens with one attached hydrogen (secondary N) is 1. The normalized spacial score (nSPS) is 14.8. The first kappa shape index (κ1) is 19.9. The fourth-order valence-electron chi connectivity index (χ4n) is 3.76. The summed E-state index contributed by atoms with van der Waals surface area (Å²) in [7, 11) is 0. The maximum atomic E-state index is 6.27. The predicted molar refractivity (Wildman–Crippen MR) is 120 cm³/mol. The van der Waals surface area contributed by atoms with E-state index in [2.05, 4.69) is 26.6 Å². The number of halogens is 1. The van der Waals surface area contributed by atoms with E-state index in [-0.39, 0.29) is 0 Å². The minimum atomic E-state index is 0.348. The second-order valence-corrected chi connectivity index (χ2v) is 8.22. The van der Waals surface area contributed by atoms with Crippen molar-refractivity contribution in [2.75, 3.05) is 18.5 Å². The van der Waals surface area contributed by atoms with Gasteiger partial charge in [0.05, 0.1) is 5.69 Å². The first-order chi connectivity index (χ1) is 15.2. The number of anilines is 1. The molecule has 1 aromatic carbocycles. The molecule has 1 aliphatic rings. The quantitative estimate of drug-likeness (QED) is 0.503. The Kier molecular flexibility index (Phi) is 5.53. The lowest BCUT2D eigenvalue weighted by Crippen LogP contribution is -2.28. The van der Waals surface area contributed by atoms with E-state index in [9.17, 15) is 0 Å². The fourth-order valence-corrected chi connectivity index (χ4v) is 3.97. The molecule has 8 heteroatoms. The third-order valence-corrected chi connectivity index (χ3v) is 5.99. The molecule has 0 radical (unpaired) electrons. The van der Waals surface area contributed by atoms with Gasteiger partial charge >= 0.3 is 0 Å². The average Bonchev–Trinajstić information content (AvgIpc) is 3.19. The van der Waals surface area contributed by atoms with Gasteiger partial charge in [0, 0.05) is 48.7 Å². The zero-order valence-electron chi connectivity index (χ0n) is 17.3. The summed E-state index contributed by atoms with van der Waals surface area (Å²) in [5, 5.41) is 12.9. The highest BCUT2D eigenvalue weighted by Gasteiger charge is 2.15. The lowest BCUT2D eigenvalue weighted by atomic mass is 10.1. The molecule has 0 amide bonds. The Bertz CT molecular complexity index is 1220. The number of hydrogen-bond donors (Lipinski definition) is 1. The summed E-state index contributed by atoms with van der Waals surface area (Å²) in [6.45, 7) is 3.55. The smallest absolute Gasteiger partial charge is 0.223 e. The second kappa shape index (κ2) is 8.61. The Morgan fingerprint density at radius 1 is 1.13 bits per heavy atom. The van der Waals surface area contributed by atoms with Crippen molar-refractivity contribution in [3.63, 3.8) is 0 Å². The van der Waals surface area contributed by atoms with Gasteiger partial charge in [-0.3, -0.25) is 4.40 Å². The van der Waals surface area contributed by atoms with Crippen LogP contribution in [0.3, 0.4) is 0 Å². The van der Waals surface area contributed by atoms with Gasteiger partial charge in [-0.25, -0.2) is 9.97 Å². The Hall–Kier alpha value is -3.03. The first-order valence-corrected chi connectivity index (χ1v) is 10.8. The van der Waals surface area contributed by atoms with Crippen molar-refractivity contribution in [3.05, 3.63) is 70.8 Å². The van der Waals surface area contributed by atoms with E-state index in [4.69, 9.17) is 21.3 Å². The van der Waals surface area contributed by atoms with Gasteiger partial charge in [0.25, 0.3) is 0 Å². The molecule has 5 rings (SSSR count). The minimum absolute atomic E-state index is 0.348. The highest BCUT2D eigenvalue weighted by molar-refractivity contribution is 6.31. The van der Waals surface area contributed by atoms with Crippen molar-refractivity contribution >= 4 is 23.2 Å². The summed E-state index contributed by atoms with van der Waals surface area (Å²) >= 11 is 6.27. The van der Waals surface area contributed by atoms with Gasteiger partial charge in [0.15, 0.2) is 5.65 Å². The number of ether oxygens (including phenoxy) is 1. The maximum absolute atomic E-state index is 6.27. The summed E-state index contributed by atoms with van der Waals surface area (Å²) < 4.78 is 7.42. The molecule has 0 bridgehead atoms. The number of hydrogen-bond acceptors (Lipinski definition) is 6. The molecule has 31 heavy (non-hydrogen) atoms. The summed E-state index contributed by atoms with van der Waals surface area (Å²) in [5.41, 5.74) is 4.78. The average molecular weight is 435 g/mol. The van der Waals surface area contributed by atoms with Gasteiger partial charge in [0.1, 0.15) is 5.82 Å². The highest BCUT2D eigenvalue weighted by atomic mass is 35.5. The van der Waals surface area contributed by atoms with Crippen LogP contribution in [0.25, 0.3) is 16.9 Å². The van der Waals surface area contributed by atoms with Crippen LogP contribution >= 0.6 is 11.6 Å². The molecule has 158 valence electrons. The van der Waals surface area contributed by atoms with Crippen molar-refractivity contribution < 1.29 is 4.74 Å². The van der Waals surface area contributed by atoms with E-state index in [1.807, 2.05) is 47.9 Å². The third-order valence-electron chi connectivity index (χ3n) is 5.58. The number of fused-ring (bicyclic) bond motifs is 1. The summed E-state index contributed by atoms with van der Waals surface area (Å²) in [6, 6.07) is 12.4. The van der Waals surface area contributed by atoms with Gasteiger partial charge in [-0.1, -0.05) is 23.7 Å². The molecule has 0 atom stereocenters. The number of benzene rings is 1. The van der Waals surface area contributed by atoms with Crippen LogP contribution in [0.1, 0.15) is 29.8 Å². The minimum Gasteiger partial charge on any atom is -0.381 e. The van der Waals surface area contributed by atoms with Crippen molar-refractivity contribution in [1.82, 2.24) is 24.6 Å². The SMILES string of the molecule is Cc1ccc(Cc2nnc3cc(-c4ccnc(NC5CCOCC5)n4)ccn23)cc1Cl. The molecule has 4 aromatic rings. The Labute approximate surface area is 185 Å². The molecule has 0 spiro atoms. The molecular formula is C23H23ClN6O. The van der Waals surface area contributed by atoms with Crippen LogP contribution in [-0.4, -0.2) is 43.8 Å². The highest BCUT2D eigenvalue weighted by Crippen LogP contribution is 2.22. The maximum Gasteiger partial charge on any atom is 0.223 e. The van der Waals surface area contributed by atoms with E-state index in [1.165, 1.54) is 0 Å². The fraction of sp³-hybridized carbons (Fsp3) is 0.304. The molecule has 1 saturated heterocycles. The van der Waals surface area contributed by atoms with Gasteiger partial charge < -0.3 is 10.1 Å². The van der Waals surface area contributed by atoms with E-state index < -0.39 is 0 Å². The molecule has 0 unspecified atom stereocenters. The van der Waals surface area contributed by atoms with Crippen LogP contribution in [-0.2, 0) is 11.2 Å². The molecule has 7 nitrogen and oxygen atoms in total. The molecule has 0 aliphatic carbocycles. The number of rotatable bonds is 5. The Morgan fingerprint density at radius 2 is 2.00 bits per heavy atom. The molecule has 1 aliphatic heterocycles. The molecule has 1 N–H and O–H groups in total. The van der Waals surface area contributed by atoms with Gasteiger partial charge in [-0.2, -0.15) is 0 Å². The summed E-state index contributed by atoms with van der Waals surface area (Å²) in [6.07, 6.45) is 6.36. The second-order valence-electron chi connectivity index (χ2n) is 7.82. The van der Waals surface area contributed by atoms with E-state index in [1.54, 1.807) is 6.20 Å².